The fourth-order valence-electron chi connectivity index (χ4n) is 1.18. The number of benzene rings is 1. The van der Waals surface area contributed by atoms with Gasteiger partial charge in [-0.3, -0.25) is 4.79 Å². The van der Waals surface area contributed by atoms with Gasteiger partial charge >= 0.3 is 0 Å². The molecule has 1 atom stereocenters. The van der Waals surface area contributed by atoms with Crippen molar-refractivity contribution in [3.8, 4) is 5.75 Å². The van der Waals surface area contributed by atoms with Gasteiger partial charge in [0, 0.05) is 12.1 Å². The minimum atomic E-state index is -0.202. The Morgan fingerprint density at radius 1 is 1.28 bits per heavy atom. The van der Waals surface area contributed by atoms with E-state index in [0.29, 0.717) is 20.8 Å². The number of hydrogen-bond acceptors (Lipinski definition) is 2. The van der Waals surface area contributed by atoms with Crippen LogP contribution in [0.2, 0.25) is 15.1 Å². The summed E-state index contributed by atoms with van der Waals surface area (Å²) in [4.78, 5) is 11.5. The van der Waals surface area contributed by atoms with Crippen LogP contribution < -0.4 is 10.1 Å². The first-order valence-corrected chi connectivity index (χ1v) is 6.64. The van der Waals surface area contributed by atoms with Crippen molar-refractivity contribution in [2.75, 3.05) is 6.61 Å². The van der Waals surface area contributed by atoms with Gasteiger partial charge in [0.25, 0.3) is 5.91 Å². The summed E-state index contributed by atoms with van der Waals surface area (Å²) < 4.78 is 5.29. The van der Waals surface area contributed by atoms with Crippen LogP contribution in [0, 0.1) is 0 Å². The molecule has 1 aromatic rings. The first-order valence-electron chi connectivity index (χ1n) is 5.50. The number of hydrogen-bond donors (Lipinski definition) is 1. The van der Waals surface area contributed by atoms with Crippen molar-refractivity contribution in [3.05, 3.63) is 27.2 Å². The molecule has 1 rings (SSSR count). The lowest BCUT2D eigenvalue weighted by Gasteiger charge is -2.13. The van der Waals surface area contributed by atoms with Crippen LogP contribution in [0.1, 0.15) is 20.3 Å². The van der Waals surface area contributed by atoms with Gasteiger partial charge in [-0.15, -0.1) is 0 Å². The molecule has 100 valence electrons. The third-order valence-corrected chi connectivity index (χ3v) is 3.37. The van der Waals surface area contributed by atoms with Gasteiger partial charge in [-0.25, -0.2) is 0 Å². The van der Waals surface area contributed by atoms with Gasteiger partial charge in [0.1, 0.15) is 5.75 Å². The van der Waals surface area contributed by atoms with Crippen molar-refractivity contribution in [2.45, 2.75) is 26.3 Å². The fraction of sp³-hybridized carbons (Fsp3) is 0.417. The van der Waals surface area contributed by atoms with Gasteiger partial charge in [0.2, 0.25) is 0 Å². The van der Waals surface area contributed by atoms with Crippen LogP contribution in [0.15, 0.2) is 12.1 Å². The number of ether oxygens (including phenoxy) is 1. The molecule has 0 bridgehead atoms. The zero-order chi connectivity index (χ0) is 13.7. The molecular weight excluding hydrogens is 296 g/mol. The molecule has 0 heterocycles. The summed E-state index contributed by atoms with van der Waals surface area (Å²) in [5, 5.41) is 3.78. The Morgan fingerprint density at radius 2 is 1.89 bits per heavy atom. The third kappa shape index (κ3) is 4.56. The van der Waals surface area contributed by atoms with Crippen LogP contribution in [-0.4, -0.2) is 18.6 Å². The van der Waals surface area contributed by atoms with E-state index in [1.165, 1.54) is 12.1 Å². The second-order valence-corrected chi connectivity index (χ2v) is 5.08. The highest BCUT2D eigenvalue weighted by Crippen LogP contribution is 2.33. The average molecular weight is 311 g/mol. The Bertz CT molecular complexity index is 438. The molecule has 18 heavy (non-hydrogen) atoms. The molecule has 3 nitrogen and oxygen atoms in total. The van der Waals surface area contributed by atoms with E-state index in [0.717, 1.165) is 6.42 Å². The monoisotopic (exact) mass is 309 g/mol. The predicted octanol–water partition coefficient (Wildman–Crippen LogP) is 3.94. The van der Waals surface area contributed by atoms with Crippen molar-refractivity contribution in [3.63, 3.8) is 0 Å². The molecule has 0 saturated carbocycles. The van der Waals surface area contributed by atoms with Gasteiger partial charge in [0.05, 0.1) is 15.1 Å². The van der Waals surface area contributed by atoms with Gasteiger partial charge < -0.3 is 10.1 Å². The largest absolute Gasteiger partial charge is 0.482 e. The van der Waals surface area contributed by atoms with Crippen LogP contribution in [0.4, 0.5) is 0 Å². The minimum Gasteiger partial charge on any atom is -0.482 e. The van der Waals surface area contributed by atoms with Crippen LogP contribution in [-0.2, 0) is 4.79 Å². The second-order valence-electron chi connectivity index (χ2n) is 3.86. The molecule has 0 aliphatic heterocycles. The van der Waals surface area contributed by atoms with E-state index in [2.05, 4.69) is 5.32 Å². The van der Waals surface area contributed by atoms with Gasteiger partial charge in [-0.05, 0) is 19.4 Å². The molecule has 6 heteroatoms. The molecule has 1 N–H and O–H groups in total. The number of rotatable bonds is 5. The molecule has 0 aliphatic carbocycles. The van der Waals surface area contributed by atoms with Crippen LogP contribution in [0.5, 0.6) is 5.75 Å². The smallest absolute Gasteiger partial charge is 0.258 e. The van der Waals surface area contributed by atoms with Crippen molar-refractivity contribution < 1.29 is 9.53 Å². The number of carbonyl (C=O) groups is 1. The molecule has 0 saturated heterocycles. The maximum atomic E-state index is 11.5. The Morgan fingerprint density at radius 3 is 2.50 bits per heavy atom. The van der Waals surface area contributed by atoms with Crippen LogP contribution >= 0.6 is 34.8 Å². The molecule has 0 aromatic heterocycles. The molecule has 1 unspecified atom stereocenters. The van der Waals surface area contributed by atoms with E-state index in [-0.39, 0.29) is 18.6 Å². The molecule has 0 spiro atoms. The number of halogens is 3. The van der Waals surface area contributed by atoms with E-state index in [1.807, 2.05) is 13.8 Å². The average Bonchev–Trinajstić information content (AvgIpc) is 2.32. The molecular formula is C12H14Cl3NO2. The maximum Gasteiger partial charge on any atom is 0.258 e. The van der Waals surface area contributed by atoms with Crippen molar-refractivity contribution in [2.24, 2.45) is 0 Å². The standard InChI is InChI=1S/C12H14Cl3NO2/c1-3-7(2)16-12(17)6-18-11-5-9(14)8(13)4-10(11)15/h4-5,7H,3,6H2,1-2H3,(H,16,17). The Kier molecular flexibility index (Phi) is 6.06. The lowest BCUT2D eigenvalue weighted by Crippen LogP contribution is -2.35. The van der Waals surface area contributed by atoms with Crippen molar-refractivity contribution >= 4 is 40.7 Å². The lowest BCUT2D eigenvalue weighted by molar-refractivity contribution is -0.123. The van der Waals surface area contributed by atoms with Crippen LogP contribution in [0.3, 0.4) is 0 Å². The van der Waals surface area contributed by atoms with Crippen LogP contribution in [0.25, 0.3) is 0 Å². The first kappa shape index (κ1) is 15.4. The second kappa shape index (κ2) is 7.07. The van der Waals surface area contributed by atoms with Gasteiger partial charge in [0.15, 0.2) is 6.61 Å². The summed E-state index contributed by atoms with van der Waals surface area (Å²) in [5.41, 5.74) is 0. The van der Waals surface area contributed by atoms with E-state index in [4.69, 9.17) is 39.5 Å². The van der Waals surface area contributed by atoms with Gasteiger partial charge in [-0.1, -0.05) is 41.7 Å². The molecule has 1 aromatic carbocycles. The van der Waals surface area contributed by atoms with E-state index >= 15 is 0 Å². The first-order chi connectivity index (χ1) is 8.43. The normalized spacial score (nSPS) is 12.1. The summed E-state index contributed by atoms with van der Waals surface area (Å²) in [6, 6.07) is 3.08. The minimum absolute atomic E-state index is 0.109. The zero-order valence-corrected chi connectivity index (χ0v) is 12.4. The molecule has 0 radical (unpaired) electrons. The highest BCUT2D eigenvalue weighted by atomic mass is 35.5. The number of amides is 1. The Labute approximate surface area is 121 Å². The topological polar surface area (TPSA) is 38.3 Å². The number of nitrogens with one attached hydrogen (secondary N) is 1. The van der Waals surface area contributed by atoms with E-state index in [1.54, 1.807) is 0 Å². The Balaban J connectivity index is 2.58. The lowest BCUT2D eigenvalue weighted by atomic mass is 10.2. The summed E-state index contributed by atoms with van der Waals surface area (Å²) in [6.07, 6.45) is 0.860. The molecule has 0 aliphatic rings. The summed E-state index contributed by atoms with van der Waals surface area (Å²) >= 11 is 17.5. The van der Waals surface area contributed by atoms with Crippen molar-refractivity contribution in [1.82, 2.24) is 5.32 Å². The summed E-state index contributed by atoms with van der Waals surface area (Å²) in [5.74, 6) is 0.136. The quantitative estimate of drug-likeness (QED) is 0.837. The highest BCUT2D eigenvalue weighted by molar-refractivity contribution is 6.43. The summed E-state index contributed by atoms with van der Waals surface area (Å²) in [6.45, 7) is 3.80. The zero-order valence-electron chi connectivity index (χ0n) is 10.1. The van der Waals surface area contributed by atoms with Gasteiger partial charge in [-0.2, -0.15) is 0 Å². The molecule has 0 fully saturated rings. The number of carbonyl (C=O) groups excluding carboxylic acids is 1. The van der Waals surface area contributed by atoms with E-state index < -0.39 is 0 Å². The predicted molar refractivity (Wildman–Crippen MR) is 74.9 cm³/mol. The highest BCUT2D eigenvalue weighted by Gasteiger charge is 2.10. The maximum absolute atomic E-state index is 11.5. The fourth-order valence-corrected chi connectivity index (χ4v) is 1.77. The van der Waals surface area contributed by atoms with Crippen molar-refractivity contribution in [1.29, 1.82) is 0 Å². The third-order valence-electron chi connectivity index (χ3n) is 2.35. The summed E-state index contributed by atoms with van der Waals surface area (Å²) in [7, 11) is 0. The SMILES string of the molecule is CCC(C)NC(=O)COc1cc(Cl)c(Cl)cc1Cl. The Hall–Kier alpha value is -0.640. The molecule has 1 amide bonds. The van der Waals surface area contributed by atoms with E-state index in [9.17, 15) is 4.79 Å².